The number of hydrogen-bond donors (Lipinski definition) is 4. The molecule has 0 radical (unpaired) electrons. The van der Waals surface area contributed by atoms with Gasteiger partial charge in [0, 0.05) is 17.9 Å². The predicted octanol–water partition coefficient (Wildman–Crippen LogP) is 2.33. The second-order valence-corrected chi connectivity index (χ2v) is 5.51. The van der Waals surface area contributed by atoms with Crippen LogP contribution >= 0.6 is 0 Å². The zero-order valence-electron chi connectivity index (χ0n) is 15.2. The van der Waals surface area contributed by atoms with Gasteiger partial charge in [-0.25, -0.2) is 14.4 Å². The topological polar surface area (TPSA) is 126 Å². The number of para-hydroxylation sites is 1. The molecule has 9 heteroatoms. The van der Waals surface area contributed by atoms with Crippen molar-refractivity contribution in [3.8, 4) is 0 Å². The average Bonchev–Trinajstić information content (AvgIpc) is 2.67. The quantitative estimate of drug-likeness (QED) is 0.569. The molecule has 0 saturated carbocycles. The standard InChI is InChI=1S/C19H20N4O5/c1-2-20-18(26)23-16(24)12-28-17(25)13-8-10-15(11-9-13)22-19(27)21-14-6-4-3-5-7-14/h3-11H,2,12H2,1H3,(H2,21,22,27)(H2,20,23,24,26). The molecule has 4 N–H and O–H groups in total. The molecular formula is C19H20N4O5. The van der Waals surface area contributed by atoms with Gasteiger partial charge in [-0.2, -0.15) is 0 Å². The van der Waals surface area contributed by atoms with E-state index in [1.165, 1.54) is 24.3 Å². The predicted molar refractivity (Wildman–Crippen MR) is 103 cm³/mol. The number of hydrogen-bond acceptors (Lipinski definition) is 5. The first kappa shape index (κ1) is 20.4. The molecule has 0 spiro atoms. The van der Waals surface area contributed by atoms with Crippen molar-refractivity contribution in [3.63, 3.8) is 0 Å². The third-order valence-electron chi connectivity index (χ3n) is 3.33. The molecule has 0 aromatic heterocycles. The lowest BCUT2D eigenvalue weighted by Crippen LogP contribution is -2.41. The fourth-order valence-electron chi connectivity index (χ4n) is 2.09. The van der Waals surface area contributed by atoms with Gasteiger partial charge in [-0.15, -0.1) is 0 Å². The highest BCUT2D eigenvalue weighted by molar-refractivity contribution is 6.00. The fraction of sp³-hybridized carbons (Fsp3) is 0.158. The Labute approximate surface area is 161 Å². The summed E-state index contributed by atoms with van der Waals surface area (Å²) in [5.41, 5.74) is 1.31. The number of carbonyl (C=O) groups is 4. The molecule has 0 aliphatic rings. The first-order valence-electron chi connectivity index (χ1n) is 8.46. The van der Waals surface area contributed by atoms with Crippen LogP contribution in [0.15, 0.2) is 54.6 Å². The molecule has 0 saturated heterocycles. The molecule has 2 rings (SSSR count). The molecule has 2 aromatic carbocycles. The number of imide groups is 1. The van der Waals surface area contributed by atoms with Crippen LogP contribution in [0, 0.1) is 0 Å². The van der Waals surface area contributed by atoms with E-state index in [-0.39, 0.29) is 5.56 Å². The summed E-state index contributed by atoms with van der Waals surface area (Å²) < 4.78 is 4.84. The van der Waals surface area contributed by atoms with Crippen LogP contribution in [0.4, 0.5) is 21.0 Å². The van der Waals surface area contributed by atoms with Crippen molar-refractivity contribution in [3.05, 3.63) is 60.2 Å². The summed E-state index contributed by atoms with van der Waals surface area (Å²) in [5, 5.41) is 9.70. The lowest BCUT2D eigenvalue weighted by Gasteiger charge is -2.09. The molecule has 9 nitrogen and oxygen atoms in total. The van der Waals surface area contributed by atoms with E-state index in [1.54, 1.807) is 31.2 Å². The summed E-state index contributed by atoms with van der Waals surface area (Å²) >= 11 is 0. The van der Waals surface area contributed by atoms with Gasteiger partial charge < -0.3 is 20.7 Å². The maximum Gasteiger partial charge on any atom is 0.338 e. The maximum absolute atomic E-state index is 11.9. The Hall–Kier alpha value is -3.88. The minimum atomic E-state index is -0.741. The van der Waals surface area contributed by atoms with E-state index in [0.29, 0.717) is 17.9 Å². The van der Waals surface area contributed by atoms with Gasteiger partial charge in [0.05, 0.1) is 5.56 Å². The Morgan fingerprint density at radius 3 is 2.04 bits per heavy atom. The lowest BCUT2D eigenvalue weighted by atomic mass is 10.2. The number of carbonyl (C=O) groups excluding carboxylic acids is 4. The van der Waals surface area contributed by atoms with Gasteiger partial charge in [-0.1, -0.05) is 18.2 Å². The van der Waals surface area contributed by atoms with E-state index in [4.69, 9.17) is 4.74 Å². The van der Waals surface area contributed by atoms with Gasteiger partial charge in [0.2, 0.25) is 0 Å². The van der Waals surface area contributed by atoms with Crippen molar-refractivity contribution in [2.75, 3.05) is 23.8 Å². The van der Waals surface area contributed by atoms with Crippen molar-refractivity contribution in [2.24, 2.45) is 0 Å². The van der Waals surface area contributed by atoms with E-state index in [0.717, 1.165) is 0 Å². The zero-order valence-corrected chi connectivity index (χ0v) is 15.2. The number of amides is 5. The molecule has 28 heavy (non-hydrogen) atoms. The molecular weight excluding hydrogens is 364 g/mol. The van der Waals surface area contributed by atoms with E-state index < -0.39 is 30.5 Å². The Morgan fingerprint density at radius 2 is 1.43 bits per heavy atom. The number of nitrogens with one attached hydrogen (secondary N) is 4. The molecule has 0 aliphatic carbocycles. The van der Waals surface area contributed by atoms with Gasteiger partial charge in [-0.3, -0.25) is 10.1 Å². The number of anilines is 2. The minimum absolute atomic E-state index is 0.194. The van der Waals surface area contributed by atoms with Crippen molar-refractivity contribution in [1.82, 2.24) is 10.6 Å². The first-order valence-corrected chi connectivity index (χ1v) is 8.46. The second-order valence-electron chi connectivity index (χ2n) is 5.51. The number of ether oxygens (including phenoxy) is 1. The average molecular weight is 384 g/mol. The van der Waals surface area contributed by atoms with Crippen LogP contribution in [0.1, 0.15) is 17.3 Å². The smallest absolute Gasteiger partial charge is 0.338 e. The van der Waals surface area contributed by atoms with Gasteiger partial charge in [0.1, 0.15) is 0 Å². The second kappa shape index (κ2) is 10.3. The van der Waals surface area contributed by atoms with Crippen LogP contribution in [0.3, 0.4) is 0 Å². The van der Waals surface area contributed by atoms with Crippen LogP contribution in [0.2, 0.25) is 0 Å². The van der Waals surface area contributed by atoms with Crippen LogP contribution in [0.25, 0.3) is 0 Å². The molecule has 146 valence electrons. The molecule has 0 unspecified atom stereocenters. The summed E-state index contributed by atoms with van der Waals surface area (Å²) in [5.74, 6) is -1.47. The number of rotatable bonds is 6. The largest absolute Gasteiger partial charge is 0.452 e. The van der Waals surface area contributed by atoms with Gasteiger partial charge in [0.15, 0.2) is 6.61 Å². The van der Waals surface area contributed by atoms with E-state index in [1.807, 2.05) is 11.4 Å². The highest BCUT2D eigenvalue weighted by atomic mass is 16.5. The minimum Gasteiger partial charge on any atom is -0.452 e. The number of esters is 1. The Morgan fingerprint density at radius 1 is 0.821 bits per heavy atom. The van der Waals surface area contributed by atoms with Gasteiger partial charge >= 0.3 is 18.0 Å². The molecule has 0 atom stereocenters. The normalized spacial score (nSPS) is 9.75. The fourth-order valence-corrected chi connectivity index (χ4v) is 2.09. The number of urea groups is 2. The number of benzene rings is 2. The molecule has 2 aromatic rings. The van der Waals surface area contributed by atoms with Crippen LogP contribution < -0.4 is 21.3 Å². The van der Waals surface area contributed by atoms with Crippen molar-refractivity contribution >= 4 is 35.3 Å². The third-order valence-corrected chi connectivity index (χ3v) is 3.33. The van der Waals surface area contributed by atoms with Crippen LogP contribution in [-0.4, -0.2) is 37.1 Å². The Kier molecular flexibility index (Phi) is 7.53. The Balaban J connectivity index is 1.81. The summed E-state index contributed by atoms with van der Waals surface area (Å²) in [6.45, 7) is 1.48. The van der Waals surface area contributed by atoms with Gasteiger partial charge in [-0.05, 0) is 43.3 Å². The van der Waals surface area contributed by atoms with Crippen molar-refractivity contribution in [2.45, 2.75) is 6.92 Å². The van der Waals surface area contributed by atoms with Crippen LogP contribution in [-0.2, 0) is 9.53 Å². The summed E-state index contributed by atoms with van der Waals surface area (Å²) in [6.07, 6.45) is 0. The zero-order chi connectivity index (χ0) is 20.4. The lowest BCUT2D eigenvalue weighted by molar-refractivity contribution is -0.123. The first-order chi connectivity index (χ1) is 13.5. The molecule has 0 heterocycles. The molecule has 0 bridgehead atoms. The third kappa shape index (κ3) is 6.79. The molecule has 0 fully saturated rings. The summed E-state index contributed by atoms with van der Waals surface area (Å²) in [4.78, 5) is 46.5. The highest BCUT2D eigenvalue weighted by Crippen LogP contribution is 2.12. The van der Waals surface area contributed by atoms with E-state index in [9.17, 15) is 19.2 Å². The van der Waals surface area contributed by atoms with E-state index >= 15 is 0 Å². The molecule has 5 amide bonds. The van der Waals surface area contributed by atoms with Crippen molar-refractivity contribution < 1.29 is 23.9 Å². The maximum atomic E-state index is 11.9. The summed E-state index contributed by atoms with van der Waals surface area (Å²) in [6, 6.07) is 13.8. The SMILES string of the molecule is CCNC(=O)NC(=O)COC(=O)c1ccc(NC(=O)Nc2ccccc2)cc1. The van der Waals surface area contributed by atoms with Crippen LogP contribution in [0.5, 0.6) is 0 Å². The van der Waals surface area contributed by atoms with Crippen molar-refractivity contribution in [1.29, 1.82) is 0 Å². The molecule has 0 aliphatic heterocycles. The Bertz CT molecular complexity index is 837. The monoisotopic (exact) mass is 384 g/mol. The van der Waals surface area contributed by atoms with Gasteiger partial charge in [0.25, 0.3) is 5.91 Å². The summed E-state index contributed by atoms with van der Waals surface area (Å²) in [7, 11) is 0. The highest BCUT2D eigenvalue weighted by Gasteiger charge is 2.12. The van der Waals surface area contributed by atoms with E-state index in [2.05, 4.69) is 16.0 Å².